The number of carbonyl (C=O) groups is 3. The summed E-state index contributed by atoms with van der Waals surface area (Å²) in [4.78, 5) is 44.0. The van der Waals surface area contributed by atoms with E-state index in [2.05, 4.69) is 20.8 Å². The molecule has 0 amide bonds. The van der Waals surface area contributed by atoms with Gasteiger partial charge in [-0.1, -0.05) is 130 Å². The van der Waals surface area contributed by atoms with E-state index in [1.807, 2.05) is 42.5 Å². The molecular formula is C46H50F3NO7. The molecular weight excluding hydrogens is 735 g/mol. The van der Waals surface area contributed by atoms with Crippen LogP contribution in [-0.2, 0) is 40.2 Å². The van der Waals surface area contributed by atoms with Gasteiger partial charge in [0.15, 0.2) is 11.6 Å². The number of hydrogen-bond acceptors (Lipinski definition) is 8. The summed E-state index contributed by atoms with van der Waals surface area (Å²) in [6.45, 7) is 9.05. The Kier molecular flexibility index (Phi) is 12.3. The SMILES string of the molecule is CCOC(=O)[C@@H]1[C@@H](c2ccc(C(F)(F)F)cc2)[C@H](C(=O)OC(c2ccccc2)c2ccccc2)[C@@](C)(C(=O)O[C@@H]2C[C@H](C)CC[C@H]2C(C)(C)c2ccccc2)N1O. The van der Waals surface area contributed by atoms with Crippen molar-refractivity contribution in [2.45, 2.75) is 95.2 Å². The molecule has 1 aliphatic carbocycles. The van der Waals surface area contributed by atoms with Gasteiger partial charge in [0, 0.05) is 11.8 Å². The fourth-order valence-electron chi connectivity index (χ4n) is 8.85. The zero-order valence-corrected chi connectivity index (χ0v) is 32.8. The molecule has 8 nitrogen and oxygen atoms in total. The van der Waals surface area contributed by atoms with Crippen molar-refractivity contribution in [3.8, 4) is 0 Å². The maximum atomic E-state index is 15.1. The van der Waals surface area contributed by atoms with Gasteiger partial charge < -0.3 is 19.4 Å². The monoisotopic (exact) mass is 785 g/mol. The van der Waals surface area contributed by atoms with Gasteiger partial charge in [-0.05, 0) is 72.4 Å². The van der Waals surface area contributed by atoms with Crippen LogP contribution in [0.4, 0.5) is 13.2 Å². The highest BCUT2D eigenvalue weighted by molar-refractivity contribution is 5.93. The van der Waals surface area contributed by atoms with E-state index in [9.17, 15) is 23.2 Å². The average Bonchev–Trinajstić information content (AvgIpc) is 3.44. The van der Waals surface area contributed by atoms with Crippen molar-refractivity contribution >= 4 is 17.9 Å². The number of benzene rings is 4. The van der Waals surface area contributed by atoms with Crippen molar-refractivity contribution in [3.63, 3.8) is 0 Å². The summed E-state index contributed by atoms with van der Waals surface area (Å²) in [5.74, 6) is -5.96. The number of esters is 3. The lowest BCUT2D eigenvalue weighted by atomic mass is 9.64. The van der Waals surface area contributed by atoms with Crippen molar-refractivity contribution in [1.82, 2.24) is 5.06 Å². The van der Waals surface area contributed by atoms with Crippen LogP contribution in [-0.4, -0.2) is 52.5 Å². The third kappa shape index (κ3) is 8.36. The van der Waals surface area contributed by atoms with Gasteiger partial charge in [0.05, 0.1) is 18.1 Å². The number of hydrogen-bond donors (Lipinski definition) is 1. The van der Waals surface area contributed by atoms with Crippen molar-refractivity contribution in [1.29, 1.82) is 0 Å². The van der Waals surface area contributed by atoms with E-state index >= 15 is 9.59 Å². The fourth-order valence-corrected chi connectivity index (χ4v) is 8.85. The largest absolute Gasteiger partial charge is 0.465 e. The second-order valence-corrected chi connectivity index (χ2v) is 16.0. The van der Waals surface area contributed by atoms with E-state index in [1.54, 1.807) is 55.5 Å². The summed E-state index contributed by atoms with van der Waals surface area (Å²) in [7, 11) is 0. The molecule has 0 bridgehead atoms. The van der Waals surface area contributed by atoms with Gasteiger partial charge in [0.25, 0.3) is 0 Å². The Hall–Kier alpha value is -5.00. The average molecular weight is 786 g/mol. The maximum Gasteiger partial charge on any atom is 0.416 e. The molecule has 0 spiro atoms. The van der Waals surface area contributed by atoms with Gasteiger partial charge >= 0.3 is 24.1 Å². The predicted molar refractivity (Wildman–Crippen MR) is 207 cm³/mol. The van der Waals surface area contributed by atoms with E-state index in [0.717, 1.165) is 42.7 Å². The lowest BCUT2D eigenvalue weighted by Crippen LogP contribution is -2.57. The molecule has 1 saturated heterocycles. The van der Waals surface area contributed by atoms with Gasteiger partial charge in [0.1, 0.15) is 12.1 Å². The number of hydroxylamine groups is 2. The zero-order valence-electron chi connectivity index (χ0n) is 32.8. The van der Waals surface area contributed by atoms with Crippen LogP contribution < -0.4 is 0 Å². The smallest absolute Gasteiger partial charge is 0.416 e. The Morgan fingerprint density at radius 3 is 1.88 bits per heavy atom. The van der Waals surface area contributed by atoms with Crippen LogP contribution in [0.15, 0.2) is 115 Å². The number of alkyl halides is 3. The maximum absolute atomic E-state index is 15.1. The second kappa shape index (κ2) is 16.8. The first-order chi connectivity index (χ1) is 27.1. The van der Waals surface area contributed by atoms with E-state index in [1.165, 1.54) is 6.92 Å². The highest BCUT2D eigenvalue weighted by Gasteiger charge is 2.68. The molecule has 1 aliphatic heterocycles. The van der Waals surface area contributed by atoms with Crippen molar-refractivity contribution < 1.29 is 47.0 Å². The normalized spacial score (nSPS) is 25.5. The summed E-state index contributed by atoms with van der Waals surface area (Å²) in [5.41, 5.74) is -1.32. The van der Waals surface area contributed by atoms with E-state index in [0.29, 0.717) is 22.6 Å². The van der Waals surface area contributed by atoms with Crippen molar-refractivity contribution in [2.24, 2.45) is 17.8 Å². The molecule has 1 N–H and O–H groups in total. The zero-order chi connectivity index (χ0) is 41.1. The number of ether oxygens (including phenoxy) is 3. The molecule has 0 unspecified atom stereocenters. The van der Waals surface area contributed by atoms with Gasteiger partial charge in [-0.15, -0.1) is 0 Å². The first-order valence-corrected chi connectivity index (χ1v) is 19.5. The molecule has 11 heteroatoms. The number of carbonyl (C=O) groups excluding carboxylic acids is 3. The molecule has 57 heavy (non-hydrogen) atoms. The van der Waals surface area contributed by atoms with Crippen LogP contribution in [0.1, 0.15) is 93.7 Å². The number of nitrogens with zero attached hydrogens (tertiary/aromatic N) is 1. The Morgan fingerprint density at radius 1 is 0.807 bits per heavy atom. The number of rotatable bonds is 11. The minimum Gasteiger partial charge on any atom is -0.465 e. The molecule has 1 heterocycles. The van der Waals surface area contributed by atoms with E-state index in [-0.39, 0.29) is 24.0 Å². The lowest BCUT2D eigenvalue weighted by molar-refractivity contribution is -0.217. The van der Waals surface area contributed by atoms with Crippen molar-refractivity contribution in [2.75, 3.05) is 6.61 Å². The lowest BCUT2D eigenvalue weighted by Gasteiger charge is -2.45. The second-order valence-electron chi connectivity index (χ2n) is 16.0. The van der Waals surface area contributed by atoms with Crippen LogP contribution in [0.2, 0.25) is 0 Å². The summed E-state index contributed by atoms with van der Waals surface area (Å²) >= 11 is 0. The number of halogens is 3. The molecule has 6 rings (SSSR count). The van der Waals surface area contributed by atoms with Crippen LogP contribution in [0.5, 0.6) is 0 Å². The predicted octanol–water partition coefficient (Wildman–Crippen LogP) is 9.46. The molecule has 0 radical (unpaired) electrons. The minimum atomic E-state index is -4.67. The molecule has 302 valence electrons. The van der Waals surface area contributed by atoms with Gasteiger partial charge in [-0.25, -0.2) is 4.79 Å². The topological polar surface area (TPSA) is 102 Å². The molecule has 1 saturated carbocycles. The Labute approximate surface area is 331 Å². The van der Waals surface area contributed by atoms with Crippen LogP contribution in [0.3, 0.4) is 0 Å². The summed E-state index contributed by atoms with van der Waals surface area (Å²) in [6.07, 6.45) is -4.16. The Balaban J connectivity index is 1.47. The fraction of sp³-hybridized carbons (Fsp3) is 0.413. The molecule has 4 aromatic carbocycles. The van der Waals surface area contributed by atoms with E-state index in [4.69, 9.17) is 14.2 Å². The van der Waals surface area contributed by atoms with Crippen LogP contribution >= 0.6 is 0 Å². The minimum absolute atomic E-state index is 0.0870. The van der Waals surface area contributed by atoms with Gasteiger partial charge in [-0.3, -0.25) is 9.59 Å². The van der Waals surface area contributed by atoms with Gasteiger partial charge in [0.2, 0.25) is 0 Å². The summed E-state index contributed by atoms with van der Waals surface area (Å²) in [5, 5.41) is 12.7. The summed E-state index contributed by atoms with van der Waals surface area (Å²) in [6, 6.07) is 30.1. The Bertz CT molecular complexity index is 1950. The third-order valence-corrected chi connectivity index (χ3v) is 12.1. The highest BCUT2D eigenvalue weighted by Crippen LogP contribution is 2.52. The van der Waals surface area contributed by atoms with E-state index < -0.39 is 70.7 Å². The Morgan fingerprint density at radius 2 is 1.35 bits per heavy atom. The van der Waals surface area contributed by atoms with Crippen molar-refractivity contribution in [3.05, 3.63) is 143 Å². The molecule has 4 aromatic rings. The first-order valence-electron chi connectivity index (χ1n) is 19.5. The molecule has 2 fully saturated rings. The standard InChI is InChI=1S/C46H50F3NO7/c1-6-55-42(52)39-37(30-23-25-34(26-24-30)46(47,48)49)38(41(51)57-40(31-16-10-7-11-17-31)32-18-12-8-13-19-32)45(5,50(39)54)43(53)56-36-28-29(2)22-27-35(36)44(3,4)33-20-14-9-15-21-33/h7-21,23-26,29,35-40,54H,6,22,27-28H2,1-5H3/t29-,35-,36-,37+,38-,39+,45+/m1/s1. The molecule has 7 atom stereocenters. The first kappa shape index (κ1) is 41.6. The molecule has 2 aliphatic rings. The quantitative estimate of drug-likeness (QED) is 0.119. The summed E-state index contributed by atoms with van der Waals surface area (Å²) < 4.78 is 59.6. The van der Waals surface area contributed by atoms with Gasteiger partial charge in [-0.2, -0.15) is 18.2 Å². The highest BCUT2D eigenvalue weighted by atomic mass is 19.4. The van der Waals surface area contributed by atoms with Crippen LogP contribution in [0.25, 0.3) is 0 Å². The molecule has 0 aromatic heterocycles. The third-order valence-electron chi connectivity index (χ3n) is 12.1. The van der Waals surface area contributed by atoms with Crippen LogP contribution in [0, 0.1) is 17.8 Å².